The summed E-state index contributed by atoms with van der Waals surface area (Å²) in [5, 5.41) is 15.0. The van der Waals surface area contributed by atoms with E-state index in [0.717, 1.165) is 77.5 Å². The largest absolute Gasteiger partial charge is 0.453 e. The van der Waals surface area contributed by atoms with Crippen LogP contribution in [0.15, 0.2) is 54.9 Å². The molecule has 4 heterocycles. The number of nitrogens with one attached hydrogen (secondary N) is 4. The summed E-state index contributed by atoms with van der Waals surface area (Å²) in [6, 6.07) is 13.8. The summed E-state index contributed by atoms with van der Waals surface area (Å²) in [6.07, 6.45) is 8.32. The van der Waals surface area contributed by atoms with E-state index in [1.165, 1.54) is 12.0 Å². The predicted octanol–water partition coefficient (Wildman–Crippen LogP) is 6.34. The number of alkyl carbamates (subject to hydrolysis) is 2. The maximum absolute atomic E-state index is 13.9. The number of hydrogen-bond acceptors (Lipinski definition) is 11. The SMILES string of the molecule is COC(=O)N[C@@H](CCS(C)(=O)=O)C(=O)N1C[C@@H](C#N)C[C@H]1c1ncc(-c2ccc(/C(C)=C/c3ccc(-c4cnc([C@@H]5CC6(CC6)CN5C(=O)[C@@H](NC(=O)OC)C(C)C)[nH]4)cc3C)cc2)[nH]1. The molecule has 5 atom stereocenters. The molecule has 1 saturated carbocycles. The topological polar surface area (TPSA) is 233 Å². The predicted molar refractivity (Wildman–Crippen MR) is 243 cm³/mol. The van der Waals surface area contributed by atoms with Gasteiger partial charge in [0.2, 0.25) is 11.8 Å². The van der Waals surface area contributed by atoms with Crippen LogP contribution in [-0.4, -0.2) is 114 Å². The van der Waals surface area contributed by atoms with Crippen molar-refractivity contribution in [1.82, 2.24) is 40.4 Å². The van der Waals surface area contributed by atoms with E-state index in [2.05, 4.69) is 74.5 Å². The summed E-state index contributed by atoms with van der Waals surface area (Å²) in [6.45, 7) is 8.68. The van der Waals surface area contributed by atoms with Crippen molar-refractivity contribution in [3.05, 3.63) is 83.2 Å². The van der Waals surface area contributed by atoms with Gasteiger partial charge < -0.3 is 39.9 Å². The molecular weight excluding hydrogens is 851 g/mol. The van der Waals surface area contributed by atoms with Crippen LogP contribution in [0.5, 0.6) is 0 Å². The number of carbonyl (C=O) groups excluding carboxylic acids is 4. The number of sulfone groups is 1. The molecule has 0 radical (unpaired) electrons. The molecule has 2 saturated heterocycles. The fourth-order valence-corrected chi connectivity index (χ4v) is 9.58. The lowest BCUT2D eigenvalue weighted by atomic mass is 9.98. The molecule has 3 fully saturated rings. The molecule has 0 unspecified atom stereocenters. The minimum atomic E-state index is -3.44. The van der Waals surface area contributed by atoms with E-state index in [4.69, 9.17) is 9.72 Å². The van der Waals surface area contributed by atoms with Gasteiger partial charge in [-0.25, -0.2) is 28.0 Å². The van der Waals surface area contributed by atoms with E-state index >= 15 is 0 Å². The maximum atomic E-state index is 13.9. The summed E-state index contributed by atoms with van der Waals surface area (Å²) in [7, 11) is -0.988. The Morgan fingerprint density at radius 3 is 2.12 bits per heavy atom. The van der Waals surface area contributed by atoms with Crippen molar-refractivity contribution in [3.63, 3.8) is 0 Å². The third-order valence-electron chi connectivity index (χ3n) is 12.9. The second-order valence-electron chi connectivity index (χ2n) is 18.1. The zero-order chi connectivity index (χ0) is 46.8. The van der Waals surface area contributed by atoms with Gasteiger partial charge in [-0.2, -0.15) is 5.26 Å². The number of carbonyl (C=O) groups is 4. The highest BCUT2D eigenvalue weighted by atomic mass is 32.2. The number of aryl methyl sites for hydroxylation is 1. The van der Waals surface area contributed by atoms with Gasteiger partial charge in [0.15, 0.2) is 0 Å². The lowest BCUT2D eigenvalue weighted by Gasteiger charge is -2.30. The van der Waals surface area contributed by atoms with Crippen molar-refractivity contribution in [1.29, 1.82) is 5.26 Å². The van der Waals surface area contributed by atoms with Crippen molar-refractivity contribution in [2.24, 2.45) is 17.3 Å². The first-order valence-corrected chi connectivity index (χ1v) is 23.8. The molecule has 4 amide bonds. The Labute approximate surface area is 379 Å². The van der Waals surface area contributed by atoms with E-state index in [1.54, 1.807) is 6.20 Å². The van der Waals surface area contributed by atoms with E-state index < -0.39 is 52.0 Å². The first kappa shape index (κ1) is 46.5. The van der Waals surface area contributed by atoms with Gasteiger partial charge in [-0.05, 0) is 96.7 Å². The molecule has 1 spiro atoms. The van der Waals surface area contributed by atoms with Gasteiger partial charge in [0.1, 0.15) is 33.6 Å². The Balaban J connectivity index is 1.03. The number of nitrogens with zero attached hydrogens (tertiary/aromatic N) is 5. The van der Waals surface area contributed by atoms with E-state index in [-0.39, 0.29) is 42.0 Å². The number of aromatic nitrogens is 4. The number of likely N-dealkylation sites (tertiary alicyclic amines) is 2. The summed E-state index contributed by atoms with van der Waals surface area (Å²) in [5.74, 6) is -0.376. The summed E-state index contributed by atoms with van der Waals surface area (Å²) in [4.78, 5) is 71.5. The Bertz CT molecular complexity index is 2630. The minimum absolute atomic E-state index is 0.0971. The third kappa shape index (κ3) is 10.6. The van der Waals surface area contributed by atoms with Crippen LogP contribution in [0.25, 0.3) is 34.2 Å². The molecule has 17 nitrogen and oxygen atoms in total. The number of nitriles is 1. The number of methoxy groups -OCH3 is 2. The zero-order valence-corrected chi connectivity index (χ0v) is 38.6. The Kier molecular flexibility index (Phi) is 13.5. The molecule has 2 aromatic carbocycles. The number of ether oxygens (including phenoxy) is 2. The van der Waals surface area contributed by atoms with Crippen molar-refractivity contribution in [3.8, 4) is 28.6 Å². The lowest BCUT2D eigenvalue weighted by Crippen LogP contribution is -2.51. The zero-order valence-electron chi connectivity index (χ0n) is 37.8. The molecule has 2 aliphatic heterocycles. The van der Waals surface area contributed by atoms with Crippen LogP contribution in [0, 0.1) is 35.5 Å². The van der Waals surface area contributed by atoms with Crippen LogP contribution in [-0.2, 0) is 28.9 Å². The van der Waals surface area contributed by atoms with Crippen molar-refractivity contribution < 1.29 is 37.1 Å². The summed E-state index contributed by atoms with van der Waals surface area (Å²) in [5.41, 5.74) is 7.70. The second-order valence-corrected chi connectivity index (χ2v) is 20.3. The van der Waals surface area contributed by atoms with Gasteiger partial charge in [-0.1, -0.05) is 56.3 Å². The number of hydrogen-bond donors (Lipinski definition) is 4. The van der Waals surface area contributed by atoms with Crippen LogP contribution >= 0.6 is 0 Å². The van der Waals surface area contributed by atoms with E-state index in [1.807, 2.05) is 49.2 Å². The van der Waals surface area contributed by atoms with Gasteiger partial charge >= 0.3 is 12.2 Å². The Morgan fingerprint density at radius 1 is 0.923 bits per heavy atom. The lowest BCUT2D eigenvalue weighted by molar-refractivity contribution is -0.136. The summed E-state index contributed by atoms with van der Waals surface area (Å²) < 4.78 is 33.4. The normalized spacial score (nSPS) is 20.0. The fraction of sp³-hybridized carbons (Fsp3) is 0.468. The van der Waals surface area contributed by atoms with Crippen LogP contribution in [0.3, 0.4) is 0 Å². The third-order valence-corrected chi connectivity index (χ3v) is 13.9. The molecule has 344 valence electrons. The summed E-state index contributed by atoms with van der Waals surface area (Å²) >= 11 is 0. The molecular formula is C47H57N9O8S. The fourth-order valence-electron chi connectivity index (χ4n) is 8.91. The van der Waals surface area contributed by atoms with Gasteiger partial charge in [0, 0.05) is 19.3 Å². The molecule has 7 rings (SSSR count). The average molecular weight is 908 g/mol. The van der Waals surface area contributed by atoms with Crippen molar-refractivity contribution in [2.75, 3.05) is 39.3 Å². The quantitative estimate of drug-likeness (QED) is 0.102. The van der Waals surface area contributed by atoms with Crippen LogP contribution in [0.4, 0.5) is 9.59 Å². The Hall–Kier alpha value is -6.48. The highest BCUT2D eigenvalue weighted by molar-refractivity contribution is 7.90. The average Bonchev–Trinajstić information content (AvgIpc) is 3.78. The number of allylic oxidation sites excluding steroid dienone is 1. The molecule has 4 aromatic rings. The number of H-pyrrole nitrogens is 2. The molecule has 0 bridgehead atoms. The molecule has 4 N–H and O–H groups in total. The molecule has 18 heteroatoms. The molecule has 3 aliphatic rings. The standard InChI is InChI=1S/C47H57N9O8S/c1-27(2)40(54-46(60)64-6)44(58)56-26-47(15-16-47)21-39(56)42-50-24-37(52-42)34-13-12-33(29(4)19-34)18-28(3)31-8-10-32(11-9-31)36-23-49-41(51-36)38-20-30(22-48)25-55(38)43(57)35(53-45(59)63-5)14-17-65(7,61)62/h8-13,18-19,23-24,27,30,35,38-40H,14-17,20-21,25-26H2,1-7H3,(H,49,51)(H,50,52)(H,53,59)(H,54,60)/b28-18+/t30-,35+,38+,39+,40+/m1/s1. The van der Waals surface area contributed by atoms with Crippen molar-refractivity contribution >= 4 is 45.5 Å². The van der Waals surface area contributed by atoms with Gasteiger partial charge in [-0.3, -0.25) is 9.59 Å². The first-order valence-electron chi connectivity index (χ1n) is 21.8. The van der Waals surface area contributed by atoms with Gasteiger partial charge in [-0.15, -0.1) is 0 Å². The van der Waals surface area contributed by atoms with E-state index in [0.29, 0.717) is 24.5 Å². The van der Waals surface area contributed by atoms with Crippen molar-refractivity contribution in [2.45, 2.75) is 84.0 Å². The highest BCUT2D eigenvalue weighted by Gasteiger charge is 2.55. The monoisotopic (exact) mass is 907 g/mol. The Morgan fingerprint density at radius 2 is 1.54 bits per heavy atom. The number of benzene rings is 2. The van der Waals surface area contributed by atoms with Gasteiger partial charge in [0.05, 0.1) is 67.8 Å². The second kappa shape index (κ2) is 18.9. The maximum Gasteiger partial charge on any atom is 0.407 e. The van der Waals surface area contributed by atoms with Crippen LogP contribution in [0.2, 0.25) is 0 Å². The van der Waals surface area contributed by atoms with Gasteiger partial charge in [0.25, 0.3) is 0 Å². The number of rotatable bonds is 14. The van der Waals surface area contributed by atoms with E-state index in [9.17, 15) is 32.9 Å². The number of amides is 4. The molecule has 1 aliphatic carbocycles. The van der Waals surface area contributed by atoms with Crippen LogP contribution < -0.4 is 10.6 Å². The molecule has 2 aromatic heterocycles. The van der Waals surface area contributed by atoms with Crippen LogP contribution in [0.1, 0.15) is 93.3 Å². The first-order chi connectivity index (χ1) is 30.9. The minimum Gasteiger partial charge on any atom is -0.453 e. The molecule has 65 heavy (non-hydrogen) atoms. The smallest absolute Gasteiger partial charge is 0.407 e. The highest BCUT2D eigenvalue weighted by Crippen LogP contribution is 2.58. The number of imidazole rings is 2. The number of aromatic amines is 2.